The molecule has 0 aromatic carbocycles. The molecule has 0 saturated heterocycles. The number of nitrogens with two attached hydrogens (primary N) is 1. The largest absolute Gasteiger partial charge is 0.461 e. The first-order chi connectivity index (χ1) is 11.9. The molecule has 25 heavy (non-hydrogen) atoms. The number of hydrogen-bond acceptors (Lipinski definition) is 7. The number of rotatable bonds is 4. The zero-order valence-corrected chi connectivity index (χ0v) is 13.4. The number of aryl methyl sites for hydroxylation is 1. The number of halogens is 3. The van der Waals surface area contributed by atoms with Crippen LogP contribution in [0.1, 0.15) is 17.0 Å². The van der Waals surface area contributed by atoms with Crippen molar-refractivity contribution in [2.45, 2.75) is 17.8 Å². The molecule has 0 bridgehead atoms. The normalized spacial score (nSPS) is 11.6. The van der Waals surface area contributed by atoms with E-state index < -0.39 is 11.9 Å². The van der Waals surface area contributed by atoms with Gasteiger partial charge in [-0.1, -0.05) is 11.8 Å². The maximum Gasteiger partial charge on any atom is 0.433 e. The average Bonchev–Trinajstić information content (AvgIpc) is 2.96. The molecule has 6 nitrogen and oxygen atoms in total. The topological polar surface area (TPSA) is 102 Å². The van der Waals surface area contributed by atoms with Crippen LogP contribution in [0.3, 0.4) is 0 Å². The van der Waals surface area contributed by atoms with Crippen molar-refractivity contribution >= 4 is 28.5 Å². The number of fused-ring (bicyclic) bond motifs is 1. The van der Waals surface area contributed by atoms with Gasteiger partial charge in [0.15, 0.2) is 16.4 Å². The van der Waals surface area contributed by atoms with Gasteiger partial charge in [0.1, 0.15) is 18.2 Å². The van der Waals surface area contributed by atoms with Crippen molar-refractivity contribution in [3.05, 3.63) is 41.5 Å². The van der Waals surface area contributed by atoms with Crippen LogP contribution in [0.5, 0.6) is 0 Å². The molecule has 0 aliphatic heterocycles. The minimum Gasteiger partial charge on any atom is -0.461 e. The monoisotopic (exact) mass is 365 g/mol. The molecule has 0 saturated carbocycles. The van der Waals surface area contributed by atoms with Crippen LogP contribution in [-0.4, -0.2) is 20.7 Å². The Labute approximate surface area is 143 Å². The first-order valence-corrected chi connectivity index (χ1v) is 7.96. The van der Waals surface area contributed by atoms with E-state index >= 15 is 0 Å². The standard InChI is InChI=1S/C15H10F3N5OS/c16-15(17,18)12-4-13(20)23-14(22-12)25-2-1-9-3-10-8(5-19)7-24-11(10)6-21-9/h3-4,6-7H,1-2H2,(H2,20,22,23). The minimum atomic E-state index is -4.58. The molecular weight excluding hydrogens is 355 g/mol. The second-order valence-electron chi connectivity index (χ2n) is 4.99. The number of alkyl halides is 3. The fourth-order valence-electron chi connectivity index (χ4n) is 2.10. The highest BCUT2D eigenvalue weighted by atomic mass is 32.2. The lowest BCUT2D eigenvalue weighted by Crippen LogP contribution is -2.11. The predicted octanol–water partition coefficient (Wildman–Crippen LogP) is 3.43. The van der Waals surface area contributed by atoms with Crippen molar-refractivity contribution in [2.75, 3.05) is 11.5 Å². The van der Waals surface area contributed by atoms with Crippen molar-refractivity contribution in [1.29, 1.82) is 5.26 Å². The summed E-state index contributed by atoms with van der Waals surface area (Å²) in [5, 5.41) is 9.61. The molecule has 0 spiro atoms. The molecule has 3 heterocycles. The second-order valence-corrected chi connectivity index (χ2v) is 6.05. The first-order valence-electron chi connectivity index (χ1n) is 6.97. The molecule has 3 rings (SSSR count). The highest BCUT2D eigenvalue weighted by Crippen LogP contribution is 2.30. The molecule has 0 aliphatic rings. The van der Waals surface area contributed by atoms with Gasteiger partial charge < -0.3 is 10.2 Å². The SMILES string of the molecule is N#Cc1coc2cnc(CCSc3nc(N)cc(C(F)(F)F)n3)cc12. The lowest BCUT2D eigenvalue weighted by Gasteiger charge is -2.08. The maximum atomic E-state index is 12.7. The van der Waals surface area contributed by atoms with Crippen molar-refractivity contribution in [1.82, 2.24) is 15.0 Å². The van der Waals surface area contributed by atoms with Gasteiger partial charge in [-0.05, 0) is 12.5 Å². The summed E-state index contributed by atoms with van der Waals surface area (Å²) in [4.78, 5) is 11.5. The van der Waals surface area contributed by atoms with Crippen LogP contribution in [-0.2, 0) is 12.6 Å². The molecule has 0 unspecified atom stereocenters. The Bertz CT molecular complexity index is 964. The van der Waals surface area contributed by atoms with Crippen LogP contribution in [0.15, 0.2) is 34.2 Å². The number of nitriles is 1. The molecule has 0 aliphatic carbocycles. The molecule has 0 amide bonds. The van der Waals surface area contributed by atoms with Gasteiger partial charge in [0, 0.05) is 22.9 Å². The maximum absolute atomic E-state index is 12.7. The van der Waals surface area contributed by atoms with Gasteiger partial charge in [-0.25, -0.2) is 9.97 Å². The highest BCUT2D eigenvalue weighted by Gasteiger charge is 2.33. The third-order valence-corrected chi connectivity index (χ3v) is 4.09. The predicted molar refractivity (Wildman–Crippen MR) is 84.6 cm³/mol. The van der Waals surface area contributed by atoms with E-state index in [2.05, 4.69) is 15.0 Å². The van der Waals surface area contributed by atoms with Crippen molar-refractivity contribution in [3.63, 3.8) is 0 Å². The number of nitrogens with zero attached hydrogens (tertiary/aromatic N) is 4. The van der Waals surface area contributed by atoms with Gasteiger partial charge in [-0.2, -0.15) is 18.4 Å². The zero-order valence-electron chi connectivity index (χ0n) is 12.5. The first kappa shape index (κ1) is 17.0. The lowest BCUT2D eigenvalue weighted by atomic mass is 10.2. The molecule has 3 aromatic heterocycles. The van der Waals surface area contributed by atoms with E-state index in [9.17, 15) is 13.2 Å². The Morgan fingerprint density at radius 2 is 2.08 bits per heavy atom. The van der Waals surface area contributed by atoms with Crippen molar-refractivity contribution < 1.29 is 17.6 Å². The molecule has 10 heteroatoms. The molecule has 0 atom stereocenters. The molecule has 3 aromatic rings. The second kappa shape index (κ2) is 6.60. The van der Waals surface area contributed by atoms with Gasteiger partial charge in [0.25, 0.3) is 0 Å². The van der Waals surface area contributed by atoms with Gasteiger partial charge >= 0.3 is 6.18 Å². The third kappa shape index (κ3) is 3.83. The Morgan fingerprint density at radius 1 is 1.28 bits per heavy atom. The molecular formula is C15H10F3N5OS. The molecule has 0 radical (unpaired) electrons. The van der Waals surface area contributed by atoms with E-state index in [-0.39, 0.29) is 11.0 Å². The number of anilines is 1. The van der Waals surface area contributed by atoms with Crippen molar-refractivity contribution in [2.24, 2.45) is 0 Å². The Hall–Kier alpha value is -2.80. The van der Waals surface area contributed by atoms with E-state index in [4.69, 9.17) is 15.4 Å². The van der Waals surface area contributed by atoms with E-state index in [0.29, 0.717) is 40.5 Å². The number of thioether (sulfide) groups is 1. The fraction of sp³-hybridized carbons (Fsp3) is 0.200. The summed E-state index contributed by atoms with van der Waals surface area (Å²) in [6, 6.07) is 4.44. The van der Waals surface area contributed by atoms with E-state index in [1.165, 1.54) is 12.5 Å². The zero-order chi connectivity index (χ0) is 18.0. The summed E-state index contributed by atoms with van der Waals surface area (Å²) in [6.07, 6.45) is -1.26. The third-order valence-electron chi connectivity index (χ3n) is 3.24. The lowest BCUT2D eigenvalue weighted by molar-refractivity contribution is -0.141. The van der Waals surface area contributed by atoms with Gasteiger partial charge in [0.05, 0.1) is 11.8 Å². The van der Waals surface area contributed by atoms with Crippen LogP contribution < -0.4 is 5.73 Å². The number of furan rings is 1. The average molecular weight is 365 g/mol. The van der Waals surface area contributed by atoms with Gasteiger partial charge in [0.2, 0.25) is 0 Å². The highest BCUT2D eigenvalue weighted by molar-refractivity contribution is 7.99. The summed E-state index contributed by atoms with van der Waals surface area (Å²) < 4.78 is 43.4. The quantitative estimate of drug-likeness (QED) is 0.558. The van der Waals surface area contributed by atoms with E-state index in [0.717, 1.165) is 11.8 Å². The van der Waals surface area contributed by atoms with Gasteiger partial charge in [-0.15, -0.1) is 0 Å². The van der Waals surface area contributed by atoms with E-state index in [1.54, 1.807) is 6.07 Å². The molecule has 0 fully saturated rings. The Morgan fingerprint density at radius 3 is 2.80 bits per heavy atom. The number of nitrogen functional groups attached to an aromatic ring is 1. The van der Waals surface area contributed by atoms with Crippen LogP contribution in [0.2, 0.25) is 0 Å². The number of aromatic nitrogens is 3. The van der Waals surface area contributed by atoms with Crippen LogP contribution in [0.25, 0.3) is 11.0 Å². The van der Waals surface area contributed by atoms with Crippen LogP contribution >= 0.6 is 11.8 Å². The summed E-state index contributed by atoms with van der Waals surface area (Å²) >= 11 is 1.05. The Kier molecular flexibility index (Phi) is 4.50. The smallest absolute Gasteiger partial charge is 0.433 e. The van der Waals surface area contributed by atoms with Crippen LogP contribution in [0.4, 0.5) is 19.0 Å². The molecule has 128 valence electrons. The van der Waals surface area contributed by atoms with E-state index in [1.807, 2.05) is 6.07 Å². The molecule has 2 N–H and O–H groups in total. The number of pyridine rings is 1. The summed E-state index contributed by atoms with van der Waals surface area (Å²) in [7, 11) is 0. The van der Waals surface area contributed by atoms with Crippen molar-refractivity contribution in [3.8, 4) is 6.07 Å². The Balaban J connectivity index is 1.71. The minimum absolute atomic E-state index is 0.0468. The van der Waals surface area contributed by atoms with Crippen LogP contribution in [0, 0.1) is 11.3 Å². The van der Waals surface area contributed by atoms with Gasteiger partial charge in [-0.3, -0.25) is 4.98 Å². The fourth-order valence-corrected chi connectivity index (χ4v) is 2.93. The number of hydrogen-bond donors (Lipinski definition) is 1. The summed E-state index contributed by atoms with van der Waals surface area (Å²) in [5.74, 6) is 0.167. The summed E-state index contributed by atoms with van der Waals surface area (Å²) in [5.41, 5.74) is 5.92. The summed E-state index contributed by atoms with van der Waals surface area (Å²) in [6.45, 7) is 0.